The topological polar surface area (TPSA) is 38.7 Å². The molecule has 90 valence electrons. The van der Waals surface area contributed by atoms with Gasteiger partial charge in [0.15, 0.2) is 11.5 Å². The van der Waals surface area contributed by atoms with Crippen molar-refractivity contribution in [3.63, 3.8) is 0 Å². The lowest BCUT2D eigenvalue weighted by Crippen LogP contribution is -2.02. The minimum atomic E-state index is -0.567. The molecule has 16 heavy (non-hydrogen) atoms. The fraction of sp³-hybridized carbons (Fsp3) is 0.538. The number of methoxy groups -OCH3 is 2. The average Bonchev–Trinajstić information content (AvgIpc) is 2.26. The molecule has 0 aliphatic heterocycles. The van der Waals surface area contributed by atoms with Crippen molar-refractivity contribution < 1.29 is 14.6 Å². The van der Waals surface area contributed by atoms with Crippen molar-refractivity contribution in [1.82, 2.24) is 0 Å². The third-order valence-corrected chi connectivity index (χ3v) is 2.65. The zero-order chi connectivity index (χ0) is 12.3. The maximum absolute atomic E-state index is 9.73. The van der Waals surface area contributed by atoms with Crippen molar-refractivity contribution in [1.29, 1.82) is 0 Å². The molecule has 0 aliphatic rings. The number of hydrogen-bond acceptors (Lipinski definition) is 3. The molecule has 0 radical (unpaired) electrons. The lowest BCUT2D eigenvalue weighted by Gasteiger charge is -2.18. The first-order valence-corrected chi connectivity index (χ1v) is 5.45. The first kappa shape index (κ1) is 12.8. The van der Waals surface area contributed by atoms with Gasteiger partial charge in [0.25, 0.3) is 0 Å². The molecule has 3 heteroatoms. The molecular weight excluding hydrogens is 204 g/mol. The molecule has 1 aromatic rings. The van der Waals surface area contributed by atoms with E-state index >= 15 is 0 Å². The van der Waals surface area contributed by atoms with Crippen molar-refractivity contribution in [2.75, 3.05) is 14.2 Å². The van der Waals surface area contributed by atoms with Crippen LogP contribution in [0.25, 0.3) is 0 Å². The summed E-state index contributed by atoms with van der Waals surface area (Å²) in [7, 11) is 3.19. The van der Waals surface area contributed by atoms with Crippen LogP contribution in [0.2, 0.25) is 0 Å². The van der Waals surface area contributed by atoms with Gasteiger partial charge in [0.2, 0.25) is 0 Å². The number of aliphatic hydroxyl groups is 1. The van der Waals surface area contributed by atoms with E-state index in [9.17, 15) is 5.11 Å². The van der Waals surface area contributed by atoms with Gasteiger partial charge < -0.3 is 14.6 Å². The highest BCUT2D eigenvalue weighted by Crippen LogP contribution is 2.37. The van der Waals surface area contributed by atoms with E-state index in [1.165, 1.54) is 0 Å². The van der Waals surface area contributed by atoms with Crippen LogP contribution in [0.3, 0.4) is 0 Å². The van der Waals surface area contributed by atoms with Crippen LogP contribution in [0.5, 0.6) is 11.5 Å². The Kier molecular flexibility index (Phi) is 4.19. The molecular formula is C13H20O3. The predicted octanol–water partition coefficient (Wildman–Crippen LogP) is 2.88. The third-order valence-electron chi connectivity index (χ3n) is 2.65. The van der Waals surface area contributed by atoms with Crippen LogP contribution in [0.15, 0.2) is 12.1 Å². The Morgan fingerprint density at radius 2 is 1.69 bits per heavy atom. The van der Waals surface area contributed by atoms with E-state index in [4.69, 9.17) is 9.47 Å². The molecule has 0 spiro atoms. The smallest absolute Gasteiger partial charge is 0.166 e. The van der Waals surface area contributed by atoms with Gasteiger partial charge in [-0.25, -0.2) is 0 Å². The zero-order valence-electron chi connectivity index (χ0n) is 10.6. The van der Waals surface area contributed by atoms with Gasteiger partial charge in [-0.3, -0.25) is 0 Å². The Hall–Kier alpha value is -1.22. The molecule has 1 atom stereocenters. The molecule has 1 N–H and O–H groups in total. The van der Waals surface area contributed by atoms with Crippen LogP contribution >= 0.6 is 0 Å². The molecule has 0 aliphatic carbocycles. The lowest BCUT2D eigenvalue weighted by molar-refractivity contribution is 0.192. The van der Waals surface area contributed by atoms with Gasteiger partial charge in [0.1, 0.15) is 0 Å². The van der Waals surface area contributed by atoms with Crippen molar-refractivity contribution in [2.45, 2.75) is 32.8 Å². The standard InChI is InChI=1S/C13H20O3/c1-8(2)10-6-11(9(3)14)13(16-5)12(7-10)15-4/h6-9,14H,1-5H3. The van der Waals surface area contributed by atoms with E-state index in [1.807, 2.05) is 12.1 Å². The Balaban J connectivity index is 3.37. The first-order valence-electron chi connectivity index (χ1n) is 5.45. The molecule has 0 amide bonds. The first-order chi connectivity index (χ1) is 7.51. The van der Waals surface area contributed by atoms with Crippen LogP contribution in [0.1, 0.15) is 43.9 Å². The Bertz CT molecular complexity index is 356. The summed E-state index contributed by atoms with van der Waals surface area (Å²) in [5.41, 5.74) is 1.90. The molecule has 0 fully saturated rings. The second kappa shape index (κ2) is 5.21. The lowest BCUT2D eigenvalue weighted by atomic mass is 9.97. The van der Waals surface area contributed by atoms with Gasteiger partial charge in [-0.05, 0) is 30.5 Å². The summed E-state index contributed by atoms with van der Waals surface area (Å²) in [5.74, 6) is 1.67. The third kappa shape index (κ3) is 2.47. The zero-order valence-corrected chi connectivity index (χ0v) is 10.6. The summed E-state index contributed by atoms with van der Waals surface area (Å²) >= 11 is 0. The highest BCUT2D eigenvalue weighted by molar-refractivity contribution is 5.51. The Labute approximate surface area is 97.0 Å². The van der Waals surface area contributed by atoms with Crippen LogP contribution < -0.4 is 9.47 Å². The molecule has 0 saturated heterocycles. The minimum Gasteiger partial charge on any atom is -0.493 e. The largest absolute Gasteiger partial charge is 0.493 e. The number of rotatable bonds is 4. The second-order valence-corrected chi connectivity index (χ2v) is 4.18. The van der Waals surface area contributed by atoms with Crippen LogP contribution in [-0.2, 0) is 0 Å². The molecule has 1 rings (SSSR count). The SMILES string of the molecule is COc1cc(C(C)C)cc(C(C)O)c1OC. The van der Waals surface area contributed by atoms with Gasteiger partial charge in [0.05, 0.1) is 20.3 Å². The van der Waals surface area contributed by atoms with E-state index in [1.54, 1.807) is 21.1 Å². The highest BCUT2D eigenvalue weighted by Gasteiger charge is 2.16. The van der Waals surface area contributed by atoms with E-state index in [0.717, 1.165) is 11.1 Å². The number of ether oxygens (including phenoxy) is 2. The quantitative estimate of drug-likeness (QED) is 0.854. The van der Waals surface area contributed by atoms with Crippen LogP contribution in [-0.4, -0.2) is 19.3 Å². The predicted molar refractivity (Wildman–Crippen MR) is 64.3 cm³/mol. The summed E-state index contributed by atoms with van der Waals surface area (Å²) in [6.45, 7) is 5.93. The number of benzene rings is 1. The van der Waals surface area contributed by atoms with Crippen molar-refractivity contribution in [3.8, 4) is 11.5 Å². The molecule has 0 bridgehead atoms. The summed E-state index contributed by atoms with van der Waals surface area (Å²) in [6.07, 6.45) is -0.567. The van der Waals surface area contributed by atoms with Crippen molar-refractivity contribution in [3.05, 3.63) is 23.3 Å². The normalized spacial score (nSPS) is 12.7. The van der Waals surface area contributed by atoms with Gasteiger partial charge in [-0.15, -0.1) is 0 Å². The monoisotopic (exact) mass is 224 g/mol. The van der Waals surface area contributed by atoms with Gasteiger partial charge in [0, 0.05) is 5.56 Å². The molecule has 0 heterocycles. The van der Waals surface area contributed by atoms with Gasteiger partial charge in [-0.2, -0.15) is 0 Å². The summed E-state index contributed by atoms with van der Waals surface area (Å²) < 4.78 is 10.6. The molecule has 0 aromatic heterocycles. The molecule has 1 unspecified atom stereocenters. The molecule has 3 nitrogen and oxygen atoms in total. The van der Waals surface area contributed by atoms with E-state index in [0.29, 0.717) is 17.4 Å². The Morgan fingerprint density at radius 1 is 1.06 bits per heavy atom. The van der Waals surface area contributed by atoms with E-state index in [2.05, 4.69) is 13.8 Å². The average molecular weight is 224 g/mol. The second-order valence-electron chi connectivity index (χ2n) is 4.18. The Morgan fingerprint density at radius 3 is 2.06 bits per heavy atom. The minimum absolute atomic E-state index is 0.386. The van der Waals surface area contributed by atoms with Gasteiger partial charge >= 0.3 is 0 Å². The number of aliphatic hydroxyl groups excluding tert-OH is 1. The van der Waals surface area contributed by atoms with Crippen molar-refractivity contribution in [2.24, 2.45) is 0 Å². The molecule has 0 saturated carbocycles. The van der Waals surface area contributed by atoms with E-state index in [-0.39, 0.29) is 0 Å². The summed E-state index contributed by atoms with van der Waals surface area (Å²) in [5, 5.41) is 9.73. The molecule has 1 aromatic carbocycles. The highest BCUT2D eigenvalue weighted by atomic mass is 16.5. The van der Waals surface area contributed by atoms with Crippen LogP contribution in [0, 0.1) is 0 Å². The maximum Gasteiger partial charge on any atom is 0.166 e. The van der Waals surface area contributed by atoms with Crippen molar-refractivity contribution >= 4 is 0 Å². The fourth-order valence-corrected chi connectivity index (χ4v) is 1.66. The number of hydrogen-bond donors (Lipinski definition) is 1. The fourth-order valence-electron chi connectivity index (χ4n) is 1.66. The maximum atomic E-state index is 9.73. The van der Waals surface area contributed by atoms with Crippen LogP contribution in [0.4, 0.5) is 0 Å². The summed E-state index contributed by atoms with van der Waals surface area (Å²) in [6, 6.07) is 3.92. The van der Waals surface area contributed by atoms with E-state index < -0.39 is 6.10 Å². The van der Waals surface area contributed by atoms with Gasteiger partial charge in [-0.1, -0.05) is 13.8 Å². The summed E-state index contributed by atoms with van der Waals surface area (Å²) in [4.78, 5) is 0.